The lowest BCUT2D eigenvalue weighted by atomic mass is 10.0. The van der Waals surface area contributed by atoms with Crippen molar-refractivity contribution in [3.63, 3.8) is 0 Å². The average Bonchev–Trinajstić information content (AvgIpc) is 2.28. The molecule has 0 aromatic rings. The standard InChI is InChI=1S/C12H26N2/c1-10-8-14(9-11(10)2)7-5-6-12(3,4)13/h10-11H,5-9,13H2,1-4H3. The van der Waals surface area contributed by atoms with Crippen molar-refractivity contribution in [1.29, 1.82) is 0 Å². The van der Waals surface area contributed by atoms with Crippen LogP contribution in [-0.2, 0) is 0 Å². The number of hydrogen-bond donors (Lipinski definition) is 1. The minimum Gasteiger partial charge on any atom is -0.326 e. The lowest BCUT2D eigenvalue weighted by molar-refractivity contribution is 0.301. The summed E-state index contributed by atoms with van der Waals surface area (Å²) in [5, 5.41) is 0. The molecule has 1 heterocycles. The van der Waals surface area contributed by atoms with Gasteiger partial charge in [-0.15, -0.1) is 0 Å². The Labute approximate surface area is 88.8 Å². The first-order valence-electron chi connectivity index (χ1n) is 5.90. The fourth-order valence-corrected chi connectivity index (χ4v) is 2.19. The Bertz CT molecular complexity index is 162. The van der Waals surface area contributed by atoms with E-state index < -0.39 is 0 Å². The maximum atomic E-state index is 5.96. The Morgan fingerprint density at radius 2 is 1.71 bits per heavy atom. The highest BCUT2D eigenvalue weighted by Gasteiger charge is 2.25. The highest BCUT2D eigenvalue weighted by Crippen LogP contribution is 2.22. The molecule has 0 aromatic heterocycles. The van der Waals surface area contributed by atoms with Crippen LogP contribution in [0.2, 0.25) is 0 Å². The molecule has 0 radical (unpaired) electrons. The summed E-state index contributed by atoms with van der Waals surface area (Å²) in [5.41, 5.74) is 5.97. The zero-order valence-corrected chi connectivity index (χ0v) is 10.2. The summed E-state index contributed by atoms with van der Waals surface area (Å²) in [4.78, 5) is 2.58. The summed E-state index contributed by atoms with van der Waals surface area (Å²) in [7, 11) is 0. The number of likely N-dealkylation sites (tertiary alicyclic amines) is 1. The molecule has 0 aliphatic carbocycles. The van der Waals surface area contributed by atoms with E-state index in [1.165, 1.54) is 26.1 Å². The molecule has 1 rings (SSSR count). The summed E-state index contributed by atoms with van der Waals surface area (Å²) in [6.45, 7) is 12.7. The predicted molar refractivity (Wildman–Crippen MR) is 62.3 cm³/mol. The van der Waals surface area contributed by atoms with Crippen LogP contribution < -0.4 is 5.73 Å². The summed E-state index contributed by atoms with van der Waals surface area (Å²) in [6, 6.07) is 0. The van der Waals surface area contributed by atoms with E-state index in [1.807, 2.05) is 0 Å². The van der Waals surface area contributed by atoms with Crippen LogP contribution in [0.3, 0.4) is 0 Å². The molecule has 2 N–H and O–H groups in total. The van der Waals surface area contributed by atoms with Crippen molar-refractivity contribution < 1.29 is 0 Å². The van der Waals surface area contributed by atoms with Gasteiger partial charge in [-0.3, -0.25) is 0 Å². The summed E-state index contributed by atoms with van der Waals surface area (Å²) in [5.74, 6) is 1.75. The molecule has 0 aromatic carbocycles. The molecule has 0 amide bonds. The van der Waals surface area contributed by atoms with E-state index in [1.54, 1.807) is 0 Å². The van der Waals surface area contributed by atoms with Crippen molar-refractivity contribution in [2.75, 3.05) is 19.6 Å². The van der Waals surface area contributed by atoms with E-state index in [-0.39, 0.29) is 5.54 Å². The molecule has 2 atom stereocenters. The van der Waals surface area contributed by atoms with Crippen molar-refractivity contribution >= 4 is 0 Å². The van der Waals surface area contributed by atoms with Crippen molar-refractivity contribution in [2.45, 2.75) is 46.1 Å². The van der Waals surface area contributed by atoms with Gasteiger partial charge < -0.3 is 10.6 Å². The van der Waals surface area contributed by atoms with Crippen molar-refractivity contribution in [3.05, 3.63) is 0 Å². The van der Waals surface area contributed by atoms with Crippen LogP contribution >= 0.6 is 0 Å². The molecular formula is C12H26N2. The minimum atomic E-state index is 0.0109. The van der Waals surface area contributed by atoms with Crippen molar-refractivity contribution in [1.82, 2.24) is 4.90 Å². The molecule has 14 heavy (non-hydrogen) atoms. The smallest absolute Gasteiger partial charge is 0.00975 e. The quantitative estimate of drug-likeness (QED) is 0.749. The zero-order chi connectivity index (χ0) is 10.8. The van der Waals surface area contributed by atoms with Gasteiger partial charge in [0.25, 0.3) is 0 Å². The largest absolute Gasteiger partial charge is 0.326 e. The van der Waals surface area contributed by atoms with Gasteiger partial charge >= 0.3 is 0 Å². The van der Waals surface area contributed by atoms with Crippen molar-refractivity contribution in [2.24, 2.45) is 17.6 Å². The van der Waals surface area contributed by atoms with E-state index in [2.05, 4.69) is 32.6 Å². The van der Waals surface area contributed by atoms with E-state index >= 15 is 0 Å². The first-order chi connectivity index (χ1) is 6.38. The van der Waals surface area contributed by atoms with E-state index in [0.29, 0.717) is 0 Å². The summed E-state index contributed by atoms with van der Waals surface area (Å²) >= 11 is 0. The third kappa shape index (κ3) is 3.97. The SMILES string of the molecule is CC1CN(CCCC(C)(C)N)CC1C. The summed E-state index contributed by atoms with van der Waals surface area (Å²) in [6.07, 6.45) is 2.37. The lowest BCUT2D eigenvalue weighted by Crippen LogP contribution is -2.33. The highest BCUT2D eigenvalue weighted by atomic mass is 15.1. The van der Waals surface area contributed by atoms with Crippen molar-refractivity contribution in [3.8, 4) is 0 Å². The Kier molecular flexibility index (Phi) is 3.96. The molecular weight excluding hydrogens is 172 g/mol. The van der Waals surface area contributed by atoms with Gasteiger partial charge in [0.15, 0.2) is 0 Å². The van der Waals surface area contributed by atoms with Gasteiger partial charge in [-0.25, -0.2) is 0 Å². The highest BCUT2D eigenvalue weighted by molar-refractivity contribution is 4.79. The molecule has 1 aliphatic rings. The fourth-order valence-electron chi connectivity index (χ4n) is 2.19. The predicted octanol–water partition coefficient (Wildman–Crippen LogP) is 2.09. The third-order valence-corrected chi connectivity index (χ3v) is 3.36. The van der Waals surface area contributed by atoms with Crippen LogP contribution in [-0.4, -0.2) is 30.1 Å². The monoisotopic (exact) mass is 198 g/mol. The van der Waals surface area contributed by atoms with Crippen LogP contribution in [0.25, 0.3) is 0 Å². The van der Waals surface area contributed by atoms with E-state index in [4.69, 9.17) is 5.73 Å². The molecule has 1 saturated heterocycles. The topological polar surface area (TPSA) is 29.3 Å². The first-order valence-corrected chi connectivity index (χ1v) is 5.90. The van der Waals surface area contributed by atoms with Gasteiger partial charge in [0.1, 0.15) is 0 Å². The number of hydrogen-bond acceptors (Lipinski definition) is 2. The number of rotatable bonds is 4. The molecule has 0 spiro atoms. The van der Waals surface area contributed by atoms with Gasteiger partial charge in [-0.2, -0.15) is 0 Å². The van der Waals surface area contributed by atoms with Crippen LogP contribution in [0.1, 0.15) is 40.5 Å². The Morgan fingerprint density at radius 3 is 2.14 bits per heavy atom. The number of nitrogens with two attached hydrogens (primary N) is 1. The van der Waals surface area contributed by atoms with Gasteiger partial charge in [-0.1, -0.05) is 13.8 Å². The molecule has 0 bridgehead atoms. The second-order valence-electron chi connectivity index (χ2n) is 5.81. The number of nitrogens with zero attached hydrogens (tertiary/aromatic N) is 1. The Balaban J connectivity index is 2.15. The second-order valence-corrected chi connectivity index (χ2v) is 5.81. The van der Waals surface area contributed by atoms with Gasteiger partial charge in [-0.05, 0) is 45.1 Å². The molecule has 0 saturated carbocycles. The first kappa shape index (κ1) is 12.0. The summed E-state index contributed by atoms with van der Waals surface area (Å²) < 4.78 is 0. The second kappa shape index (κ2) is 4.63. The maximum Gasteiger partial charge on any atom is 0.00975 e. The maximum absolute atomic E-state index is 5.96. The normalized spacial score (nSPS) is 29.8. The molecule has 2 heteroatoms. The lowest BCUT2D eigenvalue weighted by Gasteiger charge is -2.21. The van der Waals surface area contributed by atoms with Gasteiger partial charge in [0.05, 0.1) is 0 Å². The molecule has 2 nitrogen and oxygen atoms in total. The van der Waals surface area contributed by atoms with Gasteiger partial charge in [0.2, 0.25) is 0 Å². The fraction of sp³-hybridized carbons (Fsp3) is 1.00. The minimum absolute atomic E-state index is 0.0109. The Morgan fingerprint density at radius 1 is 1.21 bits per heavy atom. The van der Waals surface area contributed by atoms with E-state index in [9.17, 15) is 0 Å². The molecule has 1 aliphatic heterocycles. The van der Waals surface area contributed by atoms with Crippen LogP contribution in [0.15, 0.2) is 0 Å². The third-order valence-electron chi connectivity index (χ3n) is 3.36. The van der Waals surface area contributed by atoms with E-state index in [0.717, 1.165) is 18.3 Å². The van der Waals surface area contributed by atoms with Crippen LogP contribution in [0, 0.1) is 11.8 Å². The molecule has 84 valence electrons. The molecule has 1 fully saturated rings. The van der Waals surface area contributed by atoms with Crippen LogP contribution in [0.4, 0.5) is 0 Å². The zero-order valence-electron chi connectivity index (χ0n) is 10.2. The van der Waals surface area contributed by atoms with Crippen LogP contribution in [0.5, 0.6) is 0 Å². The average molecular weight is 198 g/mol. The molecule has 2 unspecified atom stereocenters. The Hall–Kier alpha value is -0.0800. The van der Waals surface area contributed by atoms with Gasteiger partial charge in [0, 0.05) is 18.6 Å².